The van der Waals surface area contributed by atoms with E-state index in [4.69, 9.17) is 9.47 Å². The van der Waals surface area contributed by atoms with Crippen molar-refractivity contribution in [1.82, 2.24) is 4.31 Å². The molecule has 3 rings (SSSR count). The van der Waals surface area contributed by atoms with E-state index in [1.165, 1.54) is 4.31 Å². The lowest BCUT2D eigenvalue weighted by Crippen LogP contribution is -2.34. The summed E-state index contributed by atoms with van der Waals surface area (Å²) in [5, 5.41) is 0. The zero-order valence-electron chi connectivity index (χ0n) is 13.0. The van der Waals surface area contributed by atoms with E-state index in [9.17, 15) is 8.42 Å². The van der Waals surface area contributed by atoms with Crippen molar-refractivity contribution in [3.63, 3.8) is 0 Å². The molecule has 2 aromatic rings. The maximum Gasteiger partial charge on any atom is 0.245 e. The highest BCUT2D eigenvalue weighted by atomic mass is 32.2. The topological polar surface area (TPSA) is 55.8 Å². The van der Waals surface area contributed by atoms with Crippen LogP contribution in [0.3, 0.4) is 0 Å². The molecule has 0 amide bonds. The minimum Gasteiger partial charge on any atom is -0.497 e. The summed E-state index contributed by atoms with van der Waals surface area (Å²) in [5.74, 6) is 0.622. The Morgan fingerprint density at radius 2 is 1.74 bits per heavy atom. The molecule has 0 spiro atoms. The van der Waals surface area contributed by atoms with Gasteiger partial charge in [-0.25, -0.2) is 8.42 Å². The van der Waals surface area contributed by atoms with E-state index in [2.05, 4.69) is 0 Å². The molecular formula is C17H19NO4S. The zero-order chi connectivity index (χ0) is 16.4. The molecule has 1 heterocycles. The van der Waals surface area contributed by atoms with E-state index in [0.29, 0.717) is 12.3 Å². The highest BCUT2D eigenvalue weighted by molar-refractivity contribution is 7.89. The molecule has 0 radical (unpaired) electrons. The predicted molar refractivity (Wildman–Crippen MR) is 86.6 cm³/mol. The third-order valence-corrected chi connectivity index (χ3v) is 5.88. The van der Waals surface area contributed by atoms with Gasteiger partial charge >= 0.3 is 0 Å². The monoisotopic (exact) mass is 333 g/mol. The third kappa shape index (κ3) is 3.10. The highest BCUT2D eigenvalue weighted by Gasteiger charge is 2.39. The summed E-state index contributed by atoms with van der Waals surface area (Å²) >= 11 is 0. The number of methoxy groups -OCH3 is 1. The van der Waals surface area contributed by atoms with Gasteiger partial charge in [-0.15, -0.1) is 0 Å². The maximum absolute atomic E-state index is 12.8. The van der Waals surface area contributed by atoms with Crippen LogP contribution in [0, 0.1) is 0 Å². The molecule has 2 unspecified atom stereocenters. The molecule has 1 aliphatic heterocycles. The smallest absolute Gasteiger partial charge is 0.245 e. The van der Waals surface area contributed by atoms with E-state index in [1.807, 2.05) is 30.3 Å². The summed E-state index contributed by atoms with van der Waals surface area (Å²) in [6.45, 7) is 2.06. The number of hydrogen-bond donors (Lipinski definition) is 0. The number of ether oxygens (including phenoxy) is 2. The molecule has 0 N–H and O–H groups in total. The Kier molecular flexibility index (Phi) is 4.39. The van der Waals surface area contributed by atoms with Crippen molar-refractivity contribution in [3.8, 4) is 5.75 Å². The van der Waals surface area contributed by atoms with Crippen molar-refractivity contribution >= 4 is 10.0 Å². The molecule has 2 aromatic carbocycles. The summed E-state index contributed by atoms with van der Waals surface area (Å²) in [6.07, 6.45) is -0.758. The van der Waals surface area contributed by atoms with Crippen molar-refractivity contribution in [2.24, 2.45) is 0 Å². The van der Waals surface area contributed by atoms with E-state index in [0.717, 1.165) is 5.56 Å². The van der Waals surface area contributed by atoms with Crippen molar-refractivity contribution in [3.05, 3.63) is 60.2 Å². The van der Waals surface area contributed by atoms with Crippen LogP contribution < -0.4 is 4.74 Å². The fraction of sp³-hybridized carbons (Fsp3) is 0.294. The van der Waals surface area contributed by atoms with Gasteiger partial charge in [0.05, 0.1) is 18.1 Å². The Morgan fingerprint density at radius 3 is 2.35 bits per heavy atom. The van der Waals surface area contributed by atoms with Gasteiger partial charge in [0, 0.05) is 6.54 Å². The number of nitrogens with zero attached hydrogens (tertiary/aromatic N) is 1. The lowest BCUT2D eigenvalue weighted by Gasteiger charge is -2.19. The number of sulfonamides is 1. The average molecular weight is 333 g/mol. The fourth-order valence-electron chi connectivity index (χ4n) is 2.69. The van der Waals surface area contributed by atoms with Crippen LogP contribution in [0.5, 0.6) is 5.75 Å². The summed E-state index contributed by atoms with van der Waals surface area (Å²) in [6, 6.07) is 16.0. The first kappa shape index (κ1) is 16.0. The zero-order valence-corrected chi connectivity index (χ0v) is 13.9. The van der Waals surface area contributed by atoms with Gasteiger partial charge in [-0.05, 0) is 36.8 Å². The van der Waals surface area contributed by atoms with Crippen LogP contribution in [0.1, 0.15) is 18.6 Å². The molecule has 6 heteroatoms. The lowest BCUT2D eigenvalue weighted by atomic mass is 10.1. The quantitative estimate of drug-likeness (QED) is 0.863. The Labute approximate surface area is 136 Å². The van der Waals surface area contributed by atoms with Crippen LogP contribution in [-0.4, -0.2) is 32.6 Å². The molecule has 23 heavy (non-hydrogen) atoms. The SMILES string of the molecule is COc1ccc(S(=O)(=O)N2CC(c3ccccc3)OC2C)cc1. The second-order valence-electron chi connectivity index (χ2n) is 5.38. The third-order valence-electron chi connectivity index (χ3n) is 3.95. The Morgan fingerprint density at radius 1 is 1.09 bits per heavy atom. The number of hydrogen-bond acceptors (Lipinski definition) is 4. The molecule has 0 bridgehead atoms. The second-order valence-corrected chi connectivity index (χ2v) is 7.28. The van der Waals surface area contributed by atoms with Crippen LogP contribution in [0.25, 0.3) is 0 Å². The molecular weight excluding hydrogens is 314 g/mol. The van der Waals surface area contributed by atoms with Crippen LogP contribution >= 0.6 is 0 Å². The van der Waals surface area contributed by atoms with Crippen LogP contribution in [0.2, 0.25) is 0 Å². The molecule has 2 atom stereocenters. The van der Waals surface area contributed by atoms with Gasteiger partial charge in [0.2, 0.25) is 10.0 Å². The fourth-order valence-corrected chi connectivity index (χ4v) is 4.21. The highest BCUT2D eigenvalue weighted by Crippen LogP contribution is 2.33. The van der Waals surface area contributed by atoms with E-state index in [-0.39, 0.29) is 11.0 Å². The van der Waals surface area contributed by atoms with Gasteiger partial charge in [0.1, 0.15) is 12.0 Å². The second kappa shape index (κ2) is 6.31. The standard InChI is InChI=1S/C17H19NO4S/c1-13-18(12-17(22-13)14-6-4-3-5-7-14)23(19,20)16-10-8-15(21-2)9-11-16/h3-11,13,17H,12H2,1-2H3. The van der Waals surface area contributed by atoms with Crippen molar-refractivity contribution < 1.29 is 17.9 Å². The molecule has 1 fully saturated rings. The van der Waals surface area contributed by atoms with Gasteiger partial charge in [-0.3, -0.25) is 0 Å². The first-order valence-electron chi connectivity index (χ1n) is 7.38. The Balaban J connectivity index is 1.85. The summed E-state index contributed by atoms with van der Waals surface area (Å²) < 4.78 is 38.0. The van der Waals surface area contributed by atoms with E-state index in [1.54, 1.807) is 38.3 Å². The van der Waals surface area contributed by atoms with Crippen LogP contribution in [-0.2, 0) is 14.8 Å². The van der Waals surface area contributed by atoms with Crippen LogP contribution in [0.15, 0.2) is 59.5 Å². The van der Waals surface area contributed by atoms with E-state index >= 15 is 0 Å². The number of rotatable bonds is 4. The normalized spacial score (nSPS) is 22.2. The Hall–Kier alpha value is -1.89. The minimum atomic E-state index is -3.60. The summed E-state index contributed by atoms with van der Waals surface area (Å²) in [7, 11) is -2.06. The molecule has 0 saturated carbocycles. The molecule has 5 nitrogen and oxygen atoms in total. The molecule has 0 aromatic heterocycles. The van der Waals surface area contributed by atoms with Gasteiger partial charge in [0.25, 0.3) is 0 Å². The molecule has 0 aliphatic carbocycles. The number of benzene rings is 2. The first-order chi connectivity index (χ1) is 11.0. The van der Waals surface area contributed by atoms with Crippen LogP contribution in [0.4, 0.5) is 0 Å². The van der Waals surface area contributed by atoms with Crippen molar-refractivity contribution in [2.45, 2.75) is 24.2 Å². The molecule has 122 valence electrons. The largest absolute Gasteiger partial charge is 0.497 e. The molecule has 1 saturated heterocycles. The maximum atomic E-state index is 12.8. The summed E-state index contributed by atoms with van der Waals surface area (Å²) in [4.78, 5) is 0.238. The lowest BCUT2D eigenvalue weighted by molar-refractivity contribution is 0.0344. The minimum absolute atomic E-state index is 0.238. The van der Waals surface area contributed by atoms with Gasteiger partial charge in [0.15, 0.2) is 0 Å². The van der Waals surface area contributed by atoms with Gasteiger partial charge in [-0.1, -0.05) is 30.3 Å². The van der Waals surface area contributed by atoms with Crippen molar-refractivity contribution in [1.29, 1.82) is 0 Å². The Bertz CT molecular complexity index is 759. The van der Waals surface area contributed by atoms with Gasteiger partial charge in [-0.2, -0.15) is 4.31 Å². The average Bonchev–Trinajstić information content (AvgIpc) is 2.98. The van der Waals surface area contributed by atoms with Crippen molar-refractivity contribution in [2.75, 3.05) is 13.7 Å². The first-order valence-corrected chi connectivity index (χ1v) is 8.82. The molecule has 1 aliphatic rings. The summed E-state index contributed by atoms with van der Waals surface area (Å²) in [5.41, 5.74) is 0.979. The van der Waals surface area contributed by atoms with Gasteiger partial charge < -0.3 is 9.47 Å². The van der Waals surface area contributed by atoms with E-state index < -0.39 is 16.3 Å². The predicted octanol–water partition coefficient (Wildman–Crippen LogP) is 2.80.